The van der Waals surface area contributed by atoms with Gasteiger partial charge in [-0.1, -0.05) is 24.9 Å². The quantitative estimate of drug-likeness (QED) is 0.891. The van der Waals surface area contributed by atoms with E-state index >= 15 is 0 Å². The molecule has 1 aromatic heterocycles. The van der Waals surface area contributed by atoms with Crippen molar-refractivity contribution in [3.8, 4) is 0 Å². The van der Waals surface area contributed by atoms with E-state index in [1.54, 1.807) is 12.4 Å². The van der Waals surface area contributed by atoms with Crippen LogP contribution in [0.5, 0.6) is 0 Å². The van der Waals surface area contributed by atoms with E-state index in [2.05, 4.69) is 17.2 Å². The number of pyridine rings is 1. The highest BCUT2D eigenvalue weighted by atomic mass is 35.5. The molecule has 4 heteroatoms. The van der Waals surface area contributed by atoms with Gasteiger partial charge in [-0.3, -0.25) is 9.78 Å². The average Bonchev–Trinajstić information content (AvgIpc) is 2.82. The molecular formula is C14H19ClN2O. The molecule has 2 rings (SSSR count). The van der Waals surface area contributed by atoms with Crippen molar-refractivity contribution in [3.05, 3.63) is 29.0 Å². The molecule has 0 amide bonds. The number of nitrogens with one attached hydrogen (secondary N) is 1. The van der Waals surface area contributed by atoms with Crippen molar-refractivity contribution in [2.45, 2.75) is 44.6 Å². The lowest BCUT2D eigenvalue weighted by molar-refractivity contribution is -0.124. The van der Waals surface area contributed by atoms with Gasteiger partial charge in [0.2, 0.25) is 0 Å². The minimum atomic E-state index is -0.318. The van der Waals surface area contributed by atoms with Crippen molar-refractivity contribution in [1.82, 2.24) is 10.3 Å². The lowest BCUT2D eigenvalue weighted by atomic mass is 9.84. The maximum absolute atomic E-state index is 12.5. The zero-order valence-corrected chi connectivity index (χ0v) is 11.5. The molecule has 0 bridgehead atoms. The lowest BCUT2D eigenvalue weighted by Crippen LogP contribution is -2.48. The first-order valence-electron chi connectivity index (χ1n) is 6.55. The molecule has 0 saturated carbocycles. The molecule has 1 saturated heterocycles. The third kappa shape index (κ3) is 2.73. The van der Waals surface area contributed by atoms with E-state index in [1.165, 1.54) is 0 Å². The maximum atomic E-state index is 12.5. The van der Waals surface area contributed by atoms with Gasteiger partial charge in [0, 0.05) is 18.8 Å². The second kappa shape index (κ2) is 5.81. The van der Waals surface area contributed by atoms with Gasteiger partial charge in [0.25, 0.3) is 0 Å². The van der Waals surface area contributed by atoms with Crippen molar-refractivity contribution in [2.24, 2.45) is 0 Å². The summed E-state index contributed by atoms with van der Waals surface area (Å²) < 4.78 is 0. The van der Waals surface area contributed by atoms with Gasteiger partial charge in [0.05, 0.1) is 10.6 Å². The average molecular weight is 267 g/mol. The Bertz CT molecular complexity index is 428. The molecule has 1 aliphatic heterocycles. The Balaban J connectivity index is 2.13. The fourth-order valence-corrected chi connectivity index (χ4v) is 2.90. The smallest absolute Gasteiger partial charge is 0.157 e. The third-order valence-electron chi connectivity index (χ3n) is 3.66. The van der Waals surface area contributed by atoms with Gasteiger partial charge in [-0.15, -0.1) is 0 Å². The third-order valence-corrected chi connectivity index (χ3v) is 4.00. The van der Waals surface area contributed by atoms with Gasteiger partial charge in [-0.25, -0.2) is 0 Å². The Hall–Kier alpha value is -0.930. The van der Waals surface area contributed by atoms with Gasteiger partial charge in [0.15, 0.2) is 5.78 Å². The number of hydrogen-bond acceptors (Lipinski definition) is 3. The monoisotopic (exact) mass is 266 g/mol. The minimum absolute atomic E-state index is 0.259. The van der Waals surface area contributed by atoms with Crippen molar-refractivity contribution in [1.29, 1.82) is 0 Å². The molecule has 1 aliphatic rings. The fraction of sp³-hybridized carbons (Fsp3) is 0.571. The fourth-order valence-electron chi connectivity index (χ4n) is 2.71. The Morgan fingerprint density at radius 2 is 2.44 bits per heavy atom. The first-order valence-corrected chi connectivity index (χ1v) is 6.92. The van der Waals surface area contributed by atoms with E-state index in [1.807, 2.05) is 6.07 Å². The summed E-state index contributed by atoms with van der Waals surface area (Å²) >= 11 is 6.06. The van der Waals surface area contributed by atoms with Crippen molar-refractivity contribution in [2.75, 3.05) is 6.54 Å². The molecule has 1 unspecified atom stereocenters. The molecule has 18 heavy (non-hydrogen) atoms. The van der Waals surface area contributed by atoms with E-state index in [-0.39, 0.29) is 11.3 Å². The Morgan fingerprint density at radius 3 is 3.06 bits per heavy atom. The molecule has 0 aliphatic carbocycles. The highest BCUT2D eigenvalue weighted by molar-refractivity contribution is 6.31. The molecule has 1 aromatic rings. The van der Waals surface area contributed by atoms with Gasteiger partial charge in [-0.2, -0.15) is 0 Å². The number of ketones is 1. The summed E-state index contributed by atoms with van der Waals surface area (Å²) in [5.41, 5.74) is 0.558. The van der Waals surface area contributed by atoms with Gasteiger partial charge in [0.1, 0.15) is 0 Å². The first-order chi connectivity index (χ1) is 8.68. The maximum Gasteiger partial charge on any atom is 0.157 e. The predicted molar refractivity (Wildman–Crippen MR) is 72.8 cm³/mol. The molecular weight excluding hydrogens is 248 g/mol. The summed E-state index contributed by atoms with van der Waals surface area (Å²) in [4.78, 5) is 16.5. The first kappa shape index (κ1) is 13.5. The molecule has 0 aromatic carbocycles. The zero-order chi connectivity index (χ0) is 13.0. The molecule has 1 fully saturated rings. The summed E-state index contributed by atoms with van der Waals surface area (Å²) in [7, 11) is 0. The standard InChI is InChI=1S/C14H19ClN2O/c1-2-5-14(6-3-7-17-14)13(18)9-11-4-8-16-10-12(11)15/h4,8,10,17H,2-3,5-7,9H2,1H3. The predicted octanol–water partition coefficient (Wildman–Crippen LogP) is 2.77. The number of hydrogen-bond donors (Lipinski definition) is 1. The number of Topliss-reactive ketones (excluding diaryl/α,β-unsaturated/α-hetero) is 1. The molecule has 1 atom stereocenters. The Morgan fingerprint density at radius 1 is 1.61 bits per heavy atom. The van der Waals surface area contributed by atoms with Crippen molar-refractivity contribution >= 4 is 17.4 Å². The summed E-state index contributed by atoms with van der Waals surface area (Å²) in [6.07, 6.45) is 7.63. The van der Waals surface area contributed by atoms with Crippen LogP contribution in [0.15, 0.2) is 18.5 Å². The van der Waals surface area contributed by atoms with Gasteiger partial charge in [-0.05, 0) is 37.4 Å². The SMILES string of the molecule is CCCC1(C(=O)Cc2ccncc2Cl)CCCN1. The Labute approximate surface area is 113 Å². The summed E-state index contributed by atoms with van der Waals surface area (Å²) in [5.74, 6) is 0.259. The van der Waals surface area contributed by atoms with Crippen LogP contribution in [-0.4, -0.2) is 22.9 Å². The second-order valence-corrected chi connectivity index (χ2v) is 5.34. The highest BCUT2D eigenvalue weighted by Crippen LogP contribution is 2.28. The minimum Gasteiger partial charge on any atom is -0.305 e. The van der Waals surface area contributed by atoms with Crippen LogP contribution >= 0.6 is 11.6 Å². The number of rotatable bonds is 5. The van der Waals surface area contributed by atoms with E-state index in [9.17, 15) is 4.79 Å². The van der Waals surface area contributed by atoms with E-state index in [0.29, 0.717) is 11.4 Å². The molecule has 3 nitrogen and oxygen atoms in total. The normalized spacial score (nSPS) is 23.2. The number of carbonyl (C=O) groups excluding carboxylic acids is 1. The number of halogens is 1. The molecule has 0 radical (unpaired) electrons. The molecule has 98 valence electrons. The number of nitrogens with zero attached hydrogens (tertiary/aromatic N) is 1. The van der Waals surface area contributed by atoms with Crippen LogP contribution in [0, 0.1) is 0 Å². The van der Waals surface area contributed by atoms with Crippen LogP contribution in [0.4, 0.5) is 0 Å². The summed E-state index contributed by atoms with van der Waals surface area (Å²) in [6, 6.07) is 1.83. The van der Waals surface area contributed by atoms with Crippen LogP contribution in [0.1, 0.15) is 38.2 Å². The topological polar surface area (TPSA) is 42.0 Å². The van der Waals surface area contributed by atoms with Crippen LogP contribution < -0.4 is 5.32 Å². The van der Waals surface area contributed by atoms with Crippen LogP contribution in [0.3, 0.4) is 0 Å². The lowest BCUT2D eigenvalue weighted by Gasteiger charge is -2.27. The number of carbonyl (C=O) groups is 1. The van der Waals surface area contributed by atoms with Crippen molar-refractivity contribution in [3.63, 3.8) is 0 Å². The number of aromatic nitrogens is 1. The molecule has 0 spiro atoms. The van der Waals surface area contributed by atoms with E-state index in [4.69, 9.17) is 11.6 Å². The second-order valence-electron chi connectivity index (χ2n) is 4.93. The van der Waals surface area contributed by atoms with E-state index in [0.717, 1.165) is 37.8 Å². The van der Waals surface area contributed by atoms with Gasteiger partial charge < -0.3 is 5.32 Å². The van der Waals surface area contributed by atoms with Crippen LogP contribution in [-0.2, 0) is 11.2 Å². The van der Waals surface area contributed by atoms with Gasteiger partial charge >= 0.3 is 0 Å². The zero-order valence-electron chi connectivity index (χ0n) is 10.7. The molecule has 1 N–H and O–H groups in total. The van der Waals surface area contributed by atoms with Crippen LogP contribution in [0.25, 0.3) is 0 Å². The molecule has 2 heterocycles. The largest absolute Gasteiger partial charge is 0.305 e. The highest BCUT2D eigenvalue weighted by Gasteiger charge is 2.39. The van der Waals surface area contributed by atoms with Crippen molar-refractivity contribution < 1.29 is 4.79 Å². The summed E-state index contributed by atoms with van der Waals surface area (Å²) in [6.45, 7) is 3.06. The Kier molecular flexibility index (Phi) is 4.36. The van der Waals surface area contributed by atoms with E-state index < -0.39 is 0 Å². The van der Waals surface area contributed by atoms with Crippen LogP contribution in [0.2, 0.25) is 5.02 Å². The summed E-state index contributed by atoms with van der Waals surface area (Å²) in [5, 5.41) is 3.98.